The number of benzene rings is 2. The van der Waals surface area contributed by atoms with E-state index in [1.165, 1.54) is 5.56 Å². The predicted molar refractivity (Wildman–Crippen MR) is 97.1 cm³/mol. The van der Waals surface area contributed by atoms with Crippen LogP contribution < -0.4 is 4.74 Å². The van der Waals surface area contributed by atoms with Crippen LogP contribution in [0.25, 0.3) is 11.0 Å². The fourth-order valence-electron chi connectivity index (χ4n) is 3.03. The molecule has 0 fully saturated rings. The highest BCUT2D eigenvalue weighted by Gasteiger charge is 2.14. The van der Waals surface area contributed by atoms with Gasteiger partial charge in [0.2, 0.25) is 0 Å². The Labute approximate surface area is 146 Å². The van der Waals surface area contributed by atoms with Crippen molar-refractivity contribution in [1.29, 1.82) is 0 Å². The van der Waals surface area contributed by atoms with Crippen LogP contribution in [0, 0.1) is 0 Å². The summed E-state index contributed by atoms with van der Waals surface area (Å²) >= 11 is 0. The van der Waals surface area contributed by atoms with Crippen LogP contribution in [0.5, 0.6) is 5.75 Å². The Bertz CT molecular complexity index is 856. The van der Waals surface area contributed by atoms with Gasteiger partial charge in [-0.15, -0.1) is 0 Å². The maximum atomic E-state index is 11.1. The topological polar surface area (TPSA) is 75.2 Å². The number of hydrogen-bond acceptors (Lipinski definition) is 3. The van der Waals surface area contributed by atoms with Crippen LogP contribution in [0.15, 0.2) is 42.5 Å². The van der Waals surface area contributed by atoms with Crippen molar-refractivity contribution >= 4 is 17.0 Å². The van der Waals surface area contributed by atoms with Gasteiger partial charge in [-0.1, -0.05) is 36.4 Å². The van der Waals surface area contributed by atoms with Crippen molar-refractivity contribution in [2.24, 2.45) is 0 Å². The molecule has 1 aromatic heterocycles. The second kappa shape index (κ2) is 7.83. The van der Waals surface area contributed by atoms with E-state index in [4.69, 9.17) is 9.84 Å². The van der Waals surface area contributed by atoms with Crippen LogP contribution in [0.3, 0.4) is 0 Å². The largest absolute Gasteiger partial charge is 0.494 e. The number of aromatic nitrogens is 2. The summed E-state index contributed by atoms with van der Waals surface area (Å²) in [6, 6.07) is 14.0. The van der Waals surface area contributed by atoms with Gasteiger partial charge >= 0.3 is 5.97 Å². The quantitative estimate of drug-likeness (QED) is 0.613. The number of aliphatic carboxylic acids is 1. The number of carboxylic acids is 1. The average molecular weight is 338 g/mol. The number of H-pyrrole nitrogens is 1. The summed E-state index contributed by atoms with van der Waals surface area (Å²) < 4.78 is 5.35. The Morgan fingerprint density at radius 1 is 1.12 bits per heavy atom. The van der Waals surface area contributed by atoms with Crippen LogP contribution in [0.1, 0.15) is 29.8 Å². The lowest BCUT2D eigenvalue weighted by Gasteiger charge is -2.03. The summed E-state index contributed by atoms with van der Waals surface area (Å²) in [5.41, 5.74) is 3.54. The van der Waals surface area contributed by atoms with E-state index >= 15 is 0 Å². The van der Waals surface area contributed by atoms with E-state index in [2.05, 4.69) is 34.2 Å². The summed E-state index contributed by atoms with van der Waals surface area (Å²) in [5, 5.41) is 9.08. The highest BCUT2D eigenvalue weighted by molar-refractivity contribution is 5.87. The Morgan fingerprint density at radius 3 is 2.60 bits per heavy atom. The molecule has 0 unspecified atom stereocenters. The maximum absolute atomic E-state index is 11.1. The van der Waals surface area contributed by atoms with Crippen molar-refractivity contribution in [3.63, 3.8) is 0 Å². The first-order chi connectivity index (χ1) is 12.2. The van der Waals surface area contributed by atoms with Crippen molar-refractivity contribution in [2.45, 2.75) is 32.1 Å². The monoisotopic (exact) mass is 338 g/mol. The van der Waals surface area contributed by atoms with Crippen molar-refractivity contribution in [3.8, 4) is 5.75 Å². The first-order valence-corrected chi connectivity index (χ1v) is 8.47. The molecule has 2 aromatic carbocycles. The third-order valence-corrected chi connectivity index (χ3v) is 4.28. The molecule has 0 bridgehead atoms. The molecule has 0 spiro atoms. The number of carboxylic acid groups (broad SMARTS) is 1. The molecule has 0 saturated carbocycles. The lowest BCUT2D eigenvalue weighted by molar-refractivity contribution is -0.136. The Morgan fingerprint density at radius 2 is 1.88 bits per heavy atom. The van der Waals surface area contributed by atoms with E-state index in [-0.39, 0.29) is 6.42 Å². The smallest absolute Gasteiger partial charge is 0.307 e. The third kappa shape index (κ3) is 4.18. The zero-order chi connectivity index (χ0) is 17.6. The number of ether oxygens (including phenoxy) is 1. The van der Waals surface area contributed by atoms with Crippen molar-refractivity contribution < 1.29 is 14.6 Å². The van der Waals surface area contributed by atoms with Gasteiger partial charge in [-0.25, -0.2) is 4.98 Å². The zero-order valence-corrected chi connectivity index (χ0v) is 14.3. The molecule has 0 atom stereocenters. The highest BCUT2D eigenvalue weighted by atomic mass is 16.5. The third-order valence-electron chi connectivity index (χ3n) is 4.28. The Kier molecular flexibility index (Phi) is 5.33. The van der Waals surface area contributed by atoms with Gasteiger partial charge in [0, 0.05) is 6.42 Å². The Hall–Kier alpha value is -2.82. The number of methoxy groups -OCH3 is 1. The van der Waals surface area contributed by atoms with Crippen LogP contribution in [-0.2, 0) is 24.1 Å². The Balaban J connectivity index is 1.70. The SMILES string of the molecule is COc1ccc(CC(=O)O)c2[nH]c(CCCCc3ccccc3)nc12. The second-order valence-corrected chi connectivity index (χ2v) is 6.10. The normalized spacial score (nSPS) is 10.9. The lowest BCUT2D eigenvalue weighted by Crippen LogP contribution is -2.01. The molecule has 2 N–H and O–H groups in total. The van der Waals surface area contributed by atoms with Gasteiger partial charge in [0.15, 0.2) is 0 Å². The summed E-state index contributed by atoms with van der Waals surface area (Å²) in [6.45, 7) is 0. The average Bonchev–Trinajstić information content (AvgIpc) is 3.04. The van der Waals surface area contributed by atoms with E-state index in [0.717, 1.165) is 42.6 Å². The summed E-state index contributed by atoms with van der Waals surface area (Å²) in [5.74, 6) is 0.681. The van der Waals surface area contributed by atoms with Gasteiger partial charge in [-0.2, -0.15) is 0 Å². The zero-order valence-electron chi connectivity index (χ0n) is 14.3. The lowest BCUT2D eigenvalue weighted by atomic mass is 10.1. The maximum Gasteiger partial charge on any atom is 0.307 e. The molecule has 1 heterocycles. The van der Waals surface area contributed by atoms with Gasteiger partial charge in [0.1, 0.15) is 17.1 Å². The van der Waals surface area contributed by atoms with Gasteiger partial charge in [0.05, 0.1) is 19.0 Å². The molecule has 5 heteroatoms. The molecule has 25 heavy (non-hydrogen) atoms. The minimum atomic E-state index is -0.856. The van der Waals surface area contributed by atoms with Crippen molar-refractivity contribution in [3.05, 3.63) is 59.4 Å². The van der Waals surface area contributed by atoms with Gasteiger partial charge in [-0.3, -0.25) is 4.79 Å². The van der Waals surface area contributed by atoms with E-state index in [1.54, 1.807) is 19.2 Å². The molecular weight excluding hydrogens is 316 g/mol. The number of imidazole rings is 1. The van der Waals surface area contributed by atoms with Gasteiger partial charge in [0.25, 0.3) is 0 Å². The molecule has 0 aliphatic heterocycles. The molecule has 5 nitrogen and oxygen atoms in total. The molecule has 3 rings (SSSR count). The minimum Gasteiger partial charge on any atom is -0.494 e. The first-order valence-electron chi connectivity index (χ1n) is 8.47. The summed E-state index contributed by atoms with van der Waals surface area (Å²) in [4.78, 5) is 19.0. The van der Waals surface area contributed by atoms with E-state index in [1.807, 2.05) is 6.07 Å². The van der Waals surface area contributed by atoms with Crippen molar-refractivity contribution in [2.75, 3.05) is 7.11 Å². The summed E-state index contributed by atoms with van der Waals surface area (Å²) in [7, 11) is 1.60. The first kappa shape index (κ1) is 17.0. The highest BCUT2D eigenvalue weighted by Crippen LogP contribution is 2.27. The molecular formula is C20H22N2O3. The van der Waals surface area contributed by atoms with Crippen LogP contribution in [0.2, 0.25) is 0 Å². The van der Waals surface area contributed by atoms with Gasteiger partial charge < -0.3 is 14.8 Å². The number of unbranched alkanes of at least 4 members (excludes halogenated alkanes) is 1. The minimum absolute atomic E-state index is 0.0316. The molecule has 0 saturated heterocycles. The molecule has 0 amide bonds. The number of nitrogens with zero attached hydrogens (tertiary/aromatic N) is 1. The molecule has 0 aliphatic carbocycles. The van der Waals surface area contributed by atoms with Crippen LogP contribution >= 0.6 is 0 Å². The predicted octanol–water partition coefficient (Wildman–Crippen LogP) is 3.76. The molecule has 130 valence electrons. The molecule has 0 radical (unpaired) electrons. The van der Waals surface area contributed by atoms with E-state index < -0.39 is 5.97 Å². The van der Waals surface area contributed by atoms with E-state index in [0.29, 0.717) is 11.3 Å². The number of fused-ring (bicyclic) bond motifs is 1. The molecule has 0 aliphatic rings. The fourth-order valence-corrected chi connectivity index (χ4v) is 3.03. The van der Waals surface area contributed by atoms with Crippen molar-refractivity contribution in [1.82, 2.24) is 9.97 Å². The molecule has 3 aromatic rings. The van der Waals surface area contributed by atoms with Crippen LogP contribution in [-0.4, -0.2) is 28.2 Å². The van der Waals surface area contributed by atoms with E-state index in [9.17, 15) is 4.79 Å². The fraction of sp³-hybridized carbons (Fsp3) is 0.300. The number of nitrogens with one attached hydrogen (secondary N) is 1. The summed E-state index contributed by atoms with van der Waals surface area (Å²) in [6.07, 6.45) is 3.95. The standard InChI is InChI=1S/C20H22N2O3/c1-25-16-12-11-15(13-18(23)24)19-20(16)22-17(21-19)10-6-5-9-14-7-3-2-4-8-14/h2-4,7-8,11-12H,5-6,9-10,13H2,1H3,(H,21,22)(H,23,24). The number of carbonyl (C=O) groups is 1. The number of aryl methyl sites for hydroxylation is 2. The number of hydrogen-bond donors (Lipinski definition) is 2. The van der Waals surface area contributed by atoms with Gasteiger partial charge in [-0.05, 0) is 36.5 Å². The second-order valence-electron chi connectivity index (χ2n) is 6.10. The van der Waals surface area contributed by atoms with Crippen LogP contribution in [0.4, 0.5) is 0 Å². The number of rotatable bonds is 8. The number of aromatic amines is 1.